The lowest BCUT2D eigenvalue weighted by atomic mass is 9.97. The number of allylic oxidation sites excluding steroid dienone is 1. The van der Waals surface area contributed by atoms with E-state index in [1.54, 1.807) is 12.3 Å². The number of nitrogens with two attached hydrogens (primary N) is 1. The molecule has 1 aliphatic rings. The Bertz CT molecular complexity index is 1050. The third kappa shape index (κ3) is 4.67. The molecule has 1 aliphatic carbocycles. The van der Waals surface area contributed by atoms with E-state index in [1.807, 2.05) is 6.92 Å². The highest BCUT2D eigenvalue weighted by Crippen LogP contribution is 2.23. The quantitative estimate of drug-likeness (QED) is 0.670. The first kappa shape index (κ1) is 21.0. The third-order valence-electron chi connectivity index (χ3n) is 5.11. The van der Waals surface area contributed by atoms with E-state index in [0.29, 0.717) is 12.2 Å². The Morgan fingerprint density at radius 2 is 2.10 bits per heavy atom. The fraction of sp³-hybridized carbons (Fsp3) is 0.500. The molecule has 0 bridgehead atoms. The zero-order valence-corrected chi connectivity index (χ0v) is 17.7. The van der Waals surface area contributed by atoms with Crippen LogP contribution in [0.3, 0.4) is 0 Å². The summed E-state index contributed by atoms with van der Waals surface area (Å²) >= 11 is 1.39. The van der Waals surface area contributed by atoms with Crippen LogP contribution in [0.25, 0.3) is 11.3 Å². The van der Waals surface area contributed by atoms with Crippen LogP contribution in [-0.2, 0) is 17.9 Å². The van der Waals surface area contributed by atoms with Gasteiger partial charge in [-0.25, -0.2) is 9.78 Å². The van der Waals surface area contributed by atoms with E-state index in [1.165, 1.54) is 34.3 Å². The summed E-state index contributed by atoms with van der Waals surface area (Å²) in [5.41, 5.74) is 6.88. The number of anilines is 1. The van der Waals surface area contributed by atoms with Crippen molar-refractivity contribution in [1.82, 2.24) is 19.4 Å². The maximum absolute atomic E-state index is 13.0. The SMILES string of the molecule is CCn1c(N)c(-c2csc(C)n2)c(=O)n(CC(=O)NCCC2=CCCCC2)c1=O. The molecule has 0 aromatic carbocycles. The summed E-state index contributed by atoms with van der Waals surface area (Å²) in [5, 5.41) is 5.33. The summed E-state index contributed by atoms with van der Waals surface area (Å²) < 4.78 is 2.24. The van der Waals surface area contributed by atoms with E-state index in [2.05, 4.69) is 16.4 Å². The van der Waals surface area contributed by atoms with Gasteiger partial charge in [-0.2, -0.15) is 0 Å². The molecule has 9 heteroatoms. The van der Waals surface area contributed by atoms with Crippen molar-refractivity contribution in [3.05, 3.63) is 42.9 Å². The minimum Gasteiger partial charge on any atom is -0.384 e. The third-order valence-corrected chi connectivity index (χ3v) is 5.89. The number of rotatable bonds is 7. The van der Waals surface area contributed by atoms with Crippen molar-refractivity contribution in [2.75, 3.05) is 12.3 Å². The Balaban J connectivity index is 1.82. The van der Waals surface area contributed by atoms with E-state index >= 15 is 0 Å². The second-order valence-corrected chi connectivity index (χ2v) is 8.20. The minimum atomic E-state index is -0.590. The molecule has 0 saturated carbocycles. The summed E-state index contributed by atoms with van der Waals surface area (Å²) in [7, 11) is 0. The first-order chi connectivity index (χ1) is 13.9. The number of hydrogen-bond donors (Lipinski definition) is 2. The molecule has 0 fully saturated rings. The van der Waals surface area contributed by atoms with Gasteiger partial charge < -0.3 is 11.1 Å². The number of nitrogens with one attached hydrogen (secondary N) is 1. The molecule has 156 valence electrons. The Labute approximate surface area is 173 Å². The molecule has 0 unspecified atom stereocenters. The summed E-state index contributed by atoms with van der Waals surface area (Å²) in [6, 6.07) is 0. The van der Waals surface area contributed by atoms with Gasteiger partial charge in [0.25, 0.3) is 5.56 Å². The van der Waals surface area contributed by atoms with Crippen molar-refractivity contribution < 1.29 is 4.79 Å². The van der Waals surface area contributed by atoms with Gasteiger partial charge in [-0.05, 0) is 46.0 Å². The zero-order chi connectivity index (χ0) is 21.0. The van der Waals surface area contributed by atoms with Gasteiger partial charge in [-0.15, -0.1) is 11.3 Å². The second-order valence-electron chi connectivity index (χ2n) is 7.14. The molecular formula is C20H27N5O3S. The molecule has 0 saturated heterocycles. The maximum atomic E-state index is 13.0. The molecule has 3 N–H and O–H groups in total. The van der Waals surface area contributed by atoms with Gasteiger partial charge in [-0.1, -0.05) is 11.6 Å². The standard InChI is InChI=1S/C20H27N5O3S/c1-3-24-18(21)17(15-12-29-13(2)23-15)19(27)25(20(24)28)11-16(26)22-10-9-14-7-5-4-6-8-14/h7,12H,3-6,8-11,21H2,1-2H3,(H,22,26). The van der Waals surface area contributed by atoms with Crippen LogP contribution in [0.4, 0.5) is 5.82 Å². The van der Waals surface area contributed by atoms with Gasteiger partial charge in [0, 0.05) is 18.5 Å². The molecule has 2 aromatic heterocycles. The summed E-state index contributed by atoms with van der Waals surface area (Å²) in [6.45, 7) is 4.03. The molecule has 2 aromatic rings. The molecule has 0 atom stereocenters. The van der Waals surface area contributed by atoms with Crippen molar-refractivity contribution in [2.45, 2.75) is 59.0 Å². The van der Waals surface area contributed by atoms with Gasteiger partial charge in [0.05, 0.1) is 10.7 Å². The van der Waals surface area contributed by atoms with Crippen LogP contribution in [0.1, 0.15) is 44.0 Å². The summed E-state index contributed by atoms with van der Waals surface area (Å²) in [6.07, 6.45) is 7.62. The fourth-order valence-electron chi connectivity index (χ4n) is 3.57. The van der Waals surface area contributed by atoms with Crippen LogP contribution in [0.2, 0.25) is 0 Å². The molecule has 0 radical (unpaired) electrons. The van der Waals surface area contributed by atoms with E-state index in [4.69, 9.17) is 5.73 Å². The van der Waals surface area contributed by atoms with Crippen molar-refractivity contribution in [2.24, 2.45) is 0 Å². The van der Waals surface area contributed by atoms with Crippen LogP contribution in [0.15, 0.2) is 26.6 Å². The van der Waals surface area contributed by atoms with E-state index in [-0.39, 0.29) is 30.4 Å². The highest BCUT2D eigenvalue weighted by atomic mass is 32.1. The summed E-state index contributed by atoms with van der Waals surface area (Å²) in [5.74, 6) is -0.290. The van der Waals surface area contributed by atoms with Gasteiger partial charge in [0.1, 0.15) is 17.9 Å². The van der Waals surface area contributed by atoms with E-state index < -0.39 is 11.2 Å². The maximum Gasteiger partial charge on any atom is 0.333 e. The Kier molecular flexibility index (Phi) is 6.68. The number of nitrogen functional groups attached to an aromatic ring is 1. The van der Waals surface area contributed by atoms with Crippen molar-refractivity contribution in [1.29, 1.82) is 0 Å². The largest absolute Gasteiger partial charge is 0.384 e. The normalized spacial score (nSPS) is 13.9. The van der Waals surface area contributed by atoms with Crippen LogP contribution >= 0.6 is 11.3 Å². The Morgan fingerprint density at radius 1 is 1.31 bits per heavy atom. The van der Waals surface area contributed by atoms with Crippen molar-refractivity contribution in [3.8, 4) is 11.3 Å². The van der Waals surface area contributed by atoms with Crippen LogP contribution in [0, 0.1) is 6.92 Å². The molecule has 2 heterocycles. The Morgan fingerprint density at radius 3 is 2.72 bits per heavy atom. The van der Waals surface area contributed by atoms with Gasteiger partial charge >= 0.3 is 5.69 Å². The molecule has 29 heavy (non-hydrogen) atoms. The predicted octanol–water partition coefficient (Wildman–Crippen LogP) is 2.05. The smallest absolute Gasteiger partial charge is 0.333 e. The molecule has 0 aliphatic heterocycles. The molecule has 1 amide bonds. The first-order valence-electron chi connectivity index (χ1n) is 9.92. The number of thiazole rings is 1. The zero-order valence-electron chi connectivity index (χ0n) is 16.9. The highest BCUT2D eigenvalue weighted by molar-refractivity contribution is 7.09. The average molecular weight is 418 g/mol. The van der Waals surface area contributed by atoms with Crippen molar-refractivity contribution in [3.63, 3.8) is 0 Å². The second kappa shape index (κ2) is 9.21. The van der Waals surface area contributed by atoms with Gasteiger partial charge in [0.2, 0.25) is 5.91 Å². The number of aryl methyl sites for hydroxylation is 1. The average Bonchev–Trinajstić information content (AvgIpc) is 3.12. The molecular weight excluding hydrogens is 390 g/mol. The molecule has 8 nitrogen and oxygen atoms in total. The van der Waals surface area contributed by atoms with Gasteiger partial charge in [-0.3, -0.25) is 18.7 Å². The number of carbonyl (C=O) groups excluding carboxylic acids is 1. The van der Waals surface area contributed by atoms with Crippen LogP contribution in [-0.4, -0.2) is 26.6 Å². The van der Waals surface area contributed by atoms with E-state index in [9.17, 15) is 14.4 Å². The minimum absolute atomic E-state index is 0.0775. The van der Waals surface area contributed by atoms with Gasteiger partial charge in [0.15, 0.2) is 0 Å². The number of nitrogens with zero attached hydrogens (tertiary/aromatic N) is 3. The van der Waals surface area contributed by atoms with Crippen LogP contribution in [0.5, 0.6) is 0 Å². The van der Waals surface area contributed by atoms with Crippen molar-refractivity contribution >= 4 is 23.1 Å². The lowest BCUT2D eigenvalue weighted by molar-refractivity contribution is -0.121. The van der Waals surface area contributed by atoms with Crippen LogP contribution < -0.4 is 22.3 Å². The number of hydrogen-bond acceptors (Lipinski definition) is 6. The number of aromatic nitrogens is 3. The monoisotopic (exact) mass is 417 g/mol. The highest BCUT2D eigenvalue weighted by Gasteiger charge is 2.21. The first-order valence-corrected chi connectivity index (χ1v) is 10.8. The topological polar surface area (TPSA) is 112 Å². The predicted molar refractivity (Wildman–Crippen MR) is 115 cm³/mol. The molecule has 3 rings (SSSR count). The summed E-state index contributed by atoms with van der Waals surface area (Å²) in [4.78, 5) is 42.5. The number of amides is 1. The van der Waals surface area contributed by atoms with E-state index in [0.717, 1.165) is 28.8 Å². The lowest BCUT2D eigenvalue weighted by Gasteiger charge is -2.15. The Hall–Kier alpha value is -2.68. The number of carbonyl (C=O) groups is 1. The lowest BCUT2D eigenvalue weighted by Crippen LogP contribution is -2.45. The fourth-order valence-corrected chi connectivity index (χ4v) is 4.18. The molecule has 0 spiro atoms.